The van der Waals surface area contributed by atoms with Crippen molar-refractivity contribution in [2.75, 3.05) is 7.05 Å². The number of hydrogen-bond acceptors (Lipinski definition) is 2. The lowest BCUT2D eigenvalue weighted by molar-refractivity contribution is -0.137. The lowest BCUT2D eigenvalue weighted by atomic mass is 10.1. The molecule has 0 bridgehead atoms. The summed E-state index contributed by atoms with van der Waals surface area (Å²) in [6.45, 7) is 2.18. The number of rotatable bonds is 5. The second-order valence-electron chi connectivity index (χ2n) is 4.78. The summed E-state index contributed by atoms with van der Waals surface area (Å²) in [5, 5.41) is 0. The standard InChI is InChI=1S/C14H19F3N2O/c1-3-4-12(18)13(20)19(2)9-10-5-7-11(8-6-10)14(15,16)17/h5-8,12H,3-4,9,18H2,1-2H3/t12-/m0/s1. The molecule has 0 aliphatic carbocycles. The summed E-state index contributed by atoms with van der Waals surface area (Å²) in [6, 6.07) is 4.22. The monoisotopic (exact) mass is 288 g/mol. The predicted molar refractivity (Wildman–Crippen MR) is 70.8 cm³/mol. The van der Waals surface area contributed by atoms with E-state index >= 15 is 0 Å². The van der Waals surface area contributed by atoms with Crippen LogP contribution in [0.1, 0.15) is 30.9 Å². The molecule has 6 heteroatoms. The van der Waals surface area contributed by atoms with Crippen LogP contribution in [0.25, 0.3) is 0 Å². The number of benzene rings is 1. The minimum atomic E-state index is -4.34. The van der Waals surface area contributed by atoms with Crippen molar-refractivity contribution in [1.82, 2.24) is 4.90 Å². The first-order chi connectivity index (χ1) is 9.25. The van der Waals surface area contributed by atoms with E-state index in [4.69, 9.17) is 5.73 Å². The Kier molecular flexibility index (Phi) is 5.56. The summed E-state index contributed by atoms with van der Waals surface area (Å²) in [5.41, 5.74) is 5.66. The van der Waals surface area contributed by atoms with Crippen LogP contribution in [0.2, 0.25) is 0 Å². The Morgan fingerprint density at radius 3 is 2.30 bits per heavy atom. The highest BCUT2D eigenvalue weighted by atomic mass is 19.4. The number of nitrogens with zero attached hydrogens (tertiary/aromatic N) is 1. The van der Waals surface area contributed by atoms with Gasteiger partial charge in [-0.1, -0.05) is 25.5 Å². The van der Waals surface area contributed by atoms with Gasteiger partial charge in [0.1, 0.15) is 0 Å². The number of carbonyl (C=O) groups is 1. The molecule has 20 heavy (non-hydrogen) atoms. The topological polar surface area (TPSA) is 46.3 Å². The van der Waals surface area contributed by atoms with Gasteiger partial charge in [0.05, 0.1) is 11.6 Å². The van der Waals surface area contributed by atoms with E-state index < -0.39 is 17.8 Å². The summed E-state index contributed by atoms with van der Waals surface area (Å²) in [4.78, 5) is 13.3. The molecule has 1 rings (SSSR count). The second-order valence-corrected chi connectivity index (χ2v) is 4.78. The van der Waals surface area contributed by atoms with Gasteiger partial charge in [-0.2, -0.15) is 13.2 Å². The molecule has 3 nitrogen and oxygen atoms in total. The minimum Gasteiger partial charge on any atom is -0.340 e. The van der Waals surface area contributed by atoms with E-state index in [0.29, 0.717) is 12.0 Å². The molecule has 1 aromatic carbocycles. The lowest BCUT2D eigenvalue weighted by Gasteiger charge is -2.21. The predicted octanol–water partition coefficient (Wildman–Crippen LogP) is 2.79. The zero-order valence-corrected chi connectivity index (χ0v) is 11.6. The highest BCUT2D eigenvalue weighted by molar-refractivity contribution is 5.81. The lowest BCUT2D eigenvalue weighted by Crippen LogP contribution is -2.41. The third-order valence-corrected chi connectivity index (χ3v) is 2.99. The van der Waals surface area contributed by atoms with Gasteiger partial charge in [0.15, 0.2) is 0 Å². The molecule has 1 amide bonds. The van der Waals surface area contributed by atoms with Gasteiger partial charge in [0, 0.05) is 13.6 Å². The molecule has 2 N–H and O–H groups in total. The van der Waals surface area contributed by atoms with Gasteiger partial charge >= 0.3 is 6.18 Å². The fraction of sp³-hybridized carbons (Fsp3) is 0.500. The van der Waals surface area contributed by atoms with E-state index in [0.717, 1.165) is 18.6 Å². The van der Waals surface area contributed by atoms with Crippen molar-refractivity contribution in [2.24, 2.45) is 5.73 Å². The quantitative estimate of drug-likeness (QED) is 0.905. The molecule has 0 unspecified atom stereocenters. The maximum atomic E-state index is 12.4. The van der Waals surface area contributed by atoms with Gasteiger partial charge in [-0.15, -0.1) is 0 Å². The zero-order chi connectivity index (χ0) is 15.3. The summed E-state index contributed by atoms with van der Waals surface area (Å²) in [5.74, 6) is -0.202. The maximum absolute atomic E-state index is 12.4. The molecule has 112 valence electrons. The Hall–Kier alpha value is -1.56. The number of hydrogen-bond donors (Lipinski definition) is 1. The van der Waals surface area contributed by atoms with Gasteiger partial charge < -0.3 is 10.6 Å². The molecular weight excluding hydrogens is 269 g/mol. The Bertz CT molecular complexity index is 443. The first kappa shape index (κ1) is 16.5. The normalized spacial score (nSPS) is 13.1. The molecule has 0 heterocycles. The Morgan fingerprint density at radius 2 is 1.85 bits per heavy atom. The average molecular weight is 288 g/mol. The molecule has 0 aliphatic rings. The van der Waals surface area contributed by atoms with Gasteiger partial charge in [0.2, 0.25) is 5.91 Å². The summed E-state index contributed by atoms with van der Waals surface area (Å²) in [7, 11) is 1.59. The first-order valence-electron chi connectivity index (χ1n) is 6.42. The number of halogens is 3. The average Bonchev–Trinajstić information content (AvgIpc) is 2.37. The van der Waals surface area contributed by atoms with Crippen LogP contribution in [0, 0.1) is 0 Å². The number of carbonyl (C=O) groups excluding carboxylic acids is 1. The summed E-state index contributed by atoms with van der Waals surface area (Å²) >= 11 is 0. The van der Waals surface area contributed by atoms with Gasteiger partial charge in [0.25, 0.3) is 0 Å². The molecule has 0 aromatic heterocycles. The number of likely N-dealkylation sites (N-methyl/N-ethyl adjacent to an activating group) is 1. The molecule has 1 aromatic rings. The Morgan fingerprint density at radius 1 is 1.30 bits per heavy atom. The maximum Gasteiger partial charge on any atom is 0.416 e. The van der Waals surface area contributed by atoms with Crippen LogP contribution in [0.4, 0.5) is 13.2 Å². The van der Waals surface area contributed by atoms with Crippen molar-refractivity contribution >= 4 is 5.91 Å². The van der Waals surface area contributed by atoms with Crippen LogP contribution < -0.4 is 5.73 Å². The van der Waals surface area contributed by atoms with Crippen molar-refractivity contribution in [3.05, 3.63) is 35.4 Å². The van der Waals surface area contributed by atoms with E-state index in [2.05, 4.69) is 0 Å². The van der Waals surface area contributed by atoms with Crippen molar-refractivity contribution < 1.29 is 18.0 Å². The molecule has 1 atom stereocenters. The molecule has 0 radical (unpaired) electrons. The largest absolute Gasteiger partial charge is 0.416 e. The third kappa shape index (κ3) is 4.52. The van der Waals surface area contributed by atoms with E-state index in [-0.39, 0.29) is 12.5 Å². The number of alkyl halides is 3. The SMILES string of the molecule is CCC[C@H](N)C(=O)N(C)Cc1ccc(C(F)(F)F)cc1. The molecule has 0 fully saturated rings. The Labute approximate surface area is 116 Å². The Balaban J connectivity index is 2.67. The molecule has 0 saturated carbocycles. The highest BCUT2D eigenvalue weighted by Gasteiger charge is 2.30. The van der Waals surface area contributed by atoms with Crippen molar-refractivity contribution in [3.63, 3.8) is 0 Å². The van der Waals surface area contributed by atoms with Crippen LogP contribution in [-0.4, -0.2) is 23.9 Å². The summed E-state index contributed by atoms with van der Waals surface area (Å²) < 4.78 is 37.3. The second kappa shape index (κ2) is 6.74. The van der Waals surface area contributed by atoms with Crippen LogP contribution in [0.5, 0.6) is 0 Å². The fourth-order valence-corrected chi connectivity index (χ4v) is 1.87. The highest BCUT2D eigenvalue weighted by Crippen LogP contribution is 2.29. The fourth-order valence-electron chi connectivity index (χ4n) is 1.87. The van der Waals surface area contributed by atoms with Crippen molar-refractivity contribution in [3.8, 4) is 0 Å². The first-order valence-corrected chi connectivity index (χ1v) is 6.42. The van der Waals surface area contributed by atoms with E-state index in [1.165, 1.54) is 17.0 Å². The number of nitrogens with two attached hydrogens (primary N) is 1. The van der Waals surface area contributed by atoms with E-state index in [9.17, 15) is 18.0 Å². The molecule has 0 spiro atoms. The van der Waals surface area contributed by atoms with Crippen LogP contribution in [-0.2, 0) is 17.5 Å². The minimum absolute atomic E-state index is 0.202. The van der Waals surface area contributed by atoms with Crippen molar-refractivity contribution in [1.29, 1.82) is 0 Å². The molecular formula is C14H19F3N2O. The van der Waals surface area contributed by atoms with Gasteiger partial charge in [-0.05, 0) is 24.1 Å². The van der Waals surface area contributed by atoms with Gasteiger partial charge in [-0.25, -0.2) is 0 Å². The zero-order valence-electron chi connectivity index (χ0n) is 11.6. The third-order valence-electron chi connectivity index (χ3n) is 2.99. The molecule has 0 saturated heterocycles. The van der Waals surface area contributed by atoms with Crippen LogP contribution >= 0.6 is 0 Å². The van der Waals surface area contributed by atoms with E-state index in [1.807, 2.05) is 6.92 Å². The smallest absolute Gasteiger partial charge is 0.340 e. The number of amides is 1. The van der Waals surface area contributed by atoms with E-state index in [1.54, 1.807) is 7.05 Å². The van der Waals surface area contributed by atoms with Gasteiger partial charge in [-0.3, -0.25) is 4.79 Å². The molecule has 0 aliphatic heterocycles. The van der Waals surface area contributed by atoms with Crippen LogP contribution in [0.3, 0.4) is 0 Å². The summed E-state index contributed by atoms with van der Waals surface area (Å²) in [6.07, 6.45) is -2.94. The van der Waals surface area contributed by atoms with Crippen LogP contribution in [0.15, 0.2) is 24.3 Å². The van der Waals surface area contributed by atoms with Crippen molar-refractivity contribution in [2.45, 2.75) is 38.5 Å².